The highest BCUT2D eigenvalue weighted by molar-refractivity contribution is 5.92. The molecule has 1 aliphatic heterocycles. The van der Waals surface area contributed by atoms with Crippen molar-refractivity contribution in [3.63, 3.8) is 0 Å². The third kappa shape index (κ3) is 4.98. The molecule has 0 saturated carbocycles. The molecular weight excluding hydrogens is 319 g/mol. The van der Waals surface area contributed by atoms with Gasteiger partial charge in [-0.2, -0.15) is 0 Å². The van der Waals surface area contributed by atoms with Crippen LogP contribution >= 0.6 is 0 Å². The van der Waals surface area contributed by atoms with Gasteiger partial charge in [0.1, 0.15) is 17.3 Å². The van der Waals surface area contributed by atoms with E-state index in [4.69, 9.17) is 0 Å². The monoisotopic (exact) mass is 342 g/mol. The van der Waals surface area contributed by atoms with E-state index in [1.165, 1.54) is 31.2 Å². The number of benzene rings is 1. The Morgan fingerprint density at radius 2 is 1.76 bits per heavy atom. The fourth-order valence-corrected chi connectivity index (χ4v) is 2.95. The Hall–Kier alpha value is -2.50. The summed E-state index contributed by atoms with van der Waals surface area (Å²) in [5, 5.41) is 3.17. The summed E-state index contributed by atoms with van der Waals surface area (Å²) in [6, 6.07) is 6.45. The van der Waals surface area contributed by atoms with E-state index in [0.717, 1.165) is 37.9 Å². The van der Waals surface area contributed by atoms with Gasteiger partial charge in [0.05, 0.1) is 12.4 Å². The van der Waals surface area contributed by atoms with Crippen molar-refractivity contribution in [3.05, 3.63) is 53.7 Å². The lowest BCUT2D eigenvalue weighted by atomic mass is 10.1. The highest BCUT2D eigenvalue weighted by Gasteiger charge is 2.18. The predicted octanol–water partition coefficient (Wildman–Crippen LogP) is 3.29. The maximum atomic E-state index is 12.9. The second-order valence-electron chi connectivity index (χ2n) is 6.30. The van der Waals surface area contributed by atoms with Gasteiger partial charge in [-0.25, -0.2) is 14.4 Å². The third-order valence-electron chi connectivity index (χ3n) is 4.40. The number of aromatic nitrogens is 2. The van der Waals surface area contributed by atoms with Crippen molar-refractivity contribution in [3.8, 4) is 0 Å². The Kier molecular flexibility index (Phi) is 5.93. The zero-order valence-electron chi connectivity index (χ0n) is 14.2. The summed E-state index contributed by atoms with van der Waals surface area (Å²) in [6.07, 6.45) is 8.38. The molecule has 1 N–H and O–H groups in total. The van der Waals surface area contributed by atoms with Crippen molar-refractivity contribution < 1.29 is 9.18 Å². The van der Waals surface area contributed by atoms with Gasteiger partial charge in [0.15, 0.2) is 0 Å². The fourth-order valence-electron chi connectivity index (χ4n) is 2.95. The Morgan fingerprint density at radius 3 is 2.40 bits per heavy atom. The molecule has 132 valence electrons. The Morgan fingerprint density at radius 1 is 1.04 bits per heavy atom. The topological polar surface area (TPSA) is 58.1 Å². The van der Waals surface area contributed by atoms with Crippen LogP contribution in [0.3, 0.4) is 0 Å². The molecule has 0 radical (unpaired) electrons. The first-order chi connectivity index (χ1) is 12.2. The van der Waals surface area contributed by atoms with Crippen LogP contribution in [0.5, 0.6) is 0 Å². The molecule has 1 saturated heterocycles. The van der Waals surface area contributed by atoms with Crippen molar-refractivity contribution in [1.82, 2.24) is 14.9 Å². The molecule has 0 bridgehead atoms. The number of amides is 1. The largest absolute Gasteiger partial charge is 0.368 e. The molecule has 1 amide bonds. The second kappa shape index (κ2) is 8.55. The maximum absolute atomic E-state index is 12.9. The molecule has 3 rings (SSSR count). The van der Waals surface area contributed by atoms with E-state index in [-0.39, 0.29) is 11.7 Å². The average molecular weight is 342 g/mol. The molecule has 1 aromatic carbocycles. The molecule has 0 atom stereocenters. The lowest BCUT2D eigenvalue weighted by Gasteiger charge is -2.19. The molecule has 2 aromatic rings. The van der Waals surface area contributed by atoms with Crippen LogP contribution < -0.4 is 5.32 Å². The number of nitrogens with one attached hydrogen (secondary N) is 1. The van der Waals surface area contributed by atoms with E-state index in [1.54, 1.807) is 18.3 Å². The van der Waals surface area contributed by atoms with Crippen molar-refractivity contribution in [2.45, 2.75) is 32.1 Å². The molecule has 1 aromatic heterocycles. The van der Waals surface area contributed by atoms with Crippen molar-refractivity contribution >= 4 is 11.7 Å². The normalized spacial score (nSPS) is 14.8. The Balaban J connectivity index is 1.51. The summed E-state index contributed by atoms with van der Waals surface area (Å²) in [7, 11) is 0. The summed E-state index contributed by atoms with van der Waals surface area (Å²) < 4.78 is 12.9. The van der Waals surface area contributed by atoms with Gasteiger partial charge in [0.25, 0.3) is 5.91 Å². The maximum Gasteiger partial charge on any atom is 0.274 e. The van der Waals surface area contributed by atoms with Crippen molar-refractivity contribution in [2.75, 3.05) is 25.0 Å². The first kappa shape index (κ1) is 17.3. The zero-order chi connectivity index (χ0) is 17.5. The number of carbonyl (C=O) groups is 1. The molecule has 0 unspecified atom stereocenters. The van der Waals surface area contributed by atoms with Crippen molar-refractivity contribution in [1.29, 1.82) is 0 Å². The van der Waals surface area contributed by atoms with E-state index in [2.05, 4.69) is 15.3 Å². The predicted molar refractivity (Wildman–Crippen MR) is 95.0 cm³/mol. The molecule has 5 nitrogen and oxygen atoms in total. The minimum atomic E-state index is -0.229. The van der Waals surface area contributed by atoms with Gasteiger partial charge in [-0.3, -0.25) is 4.79 Å². The third-order valence-corrected chi connectivity index (χ3v) is 4.40. The van der Waals surface area contributed by atoms with E-state index < -0.39 is 0 Å². The molecule has 0 spiro atoms. The van der Waals surface area contributed by atoms with Gasteiger partial charge < -0.3 is 10.2 Å². The summed E-state index contributed by atoms with van der Waals surface area (Å²) in [5.41, 5.74) is 1.45. The lowest BCUT2D eigenvalue weighted by molar-refractivity contribution is 0.0755. The molecular formula is C19H23FN4O. The fraction of sp³-hybridized carbons (Fsp3) is 0.421. The van der Waals surface area contributed by atoms with Crippen LogP contribution in [0.25, 0.3) is 0 Å². The van der Waals surface area contributed by atoms with Crippen LogP contribution in [-0.4, -0.2) is 40.4 Å². The highest BCUT2D eigenvalue weighted by Crippen LogP contribution is 2.13. The van der Waals surface area contributed by atoms with Gasteiger partial charge in [0, 0.05) is 19.6 Å². The molecule has 1 fully saturated rings. The number of nitrogens with zero attached hydrogens (tertiary/aromatic N) is 3. The highest BCUT2D eigenvalue weighted by atomic mass is 19.1. The minimum Gasteiger partial charge on any atom is -0.368 e. The summed E-state index contributed by atoms with van der Waals surface area (Å²) >= 11 is 0. The molecule has 25 heavy (non-hydrogen) atoms. The number of halogens is 1. The first-order valence-corrected chi connectivity index (χ1v) is 8.82. The first-order valence-electron chi connectivity index (χ1n) is 8.82. The summed E-state index contributed by atoms with van der Waals surface area (Å²) in [6.45, 7) is 2.27. The SMILES string of the molecule is O=C(c1cnc(NCCc2ccc(F)cc2)cn1)N1CCCCCC1. The van der Waals surface area contributed by atoms with Gasteiger partial charge in [-0.1, -0.05) is 25.0 Å². The number of anilines is 1. The number of hydrogen-bond donors (Lipinski definition) is 1. The van der Waals surface area contributed by atoms with Gasteiger partial charge in [-0.15, -0.1) is 0 Å². The average Bonchev–Trinajstić information content (AvgIpc) is 2.93. The van der Waals surface area contributed by atoms with Crippen LogP contribution in [0.15, 0.2) is 36.7 Å². The Labute approximate surface area is 147 Å². The van der Waals surface area contributed by atoms with Crippen LogP contribution in [0.4, 0.5) is 10.2 Å². The number of hydrogen-bond acceptors (Lipinski definition) is 4. The van der Waals surface area contributed by atoms with E-state index >= 15 is 0 Å². The van der Waals surface area contributed by atoms with Gasteiger partial charge in [0.2, 0.25) is 0 Å². The number of carbonyl (C=O) groups excluding carboxylic acids is 1. The van der Waals surface area contributed by atoms with Gasteiger partial charge in [-0.05, 0) is 37.0 Å². The Bertz CT molecular complexity index is 680. The van der Waals surface area contributed by atoms with E-state index in [1.807, 2.05) is 4.90 Å². The smallest absolute Gasteiger partial charge is 0.274 e. The quantitative estimate of drug-likeness (QED) is 0.906. The van der Waals surface area contributed by atoms with Crippen LogP contribution in [0.1, 0.15) is 41.7 Å². The molecule has 1 aliphatic rings. The van der Waals surface area contributed by atoms with E-state index in [0.29, 0.717) is 18.1 Å². The second-order valence-corrected chi connectivity index (χ2v) is 6.30. The van der Waals surface area contributed by atoms with Crippen LogP contribution in [0, 0.1) is 5.82 Å². The number of rotatable bonds is 5. The zero-order valence-corrected chi connectivity index (χ0v) is 14.2. The van der Waals surface area contributed by atoms with Crippen molar-refractivity contribution in [2.24, 2.45) is 0 Å². The lowest BCUT2D eigenvalue weighted by Crippen LogP contribution is -2.32. The minimum absolute atomic E-state index is 0.0349. The number of likely N-dealkylation sites (tertiary alicyclic amines) is 1. The molecule has 0 aliphatic carbocycles. The molecule has 6 heteroatoms. The standard InChI is InChI=1S/C19H23FN4O/c20-16-7-5-15(6-8-16)9-10-21-18-14-22-17(13-23-18)19(25)24-11-3-1-2-4-12-24/h5-8,13-14H,1-4,9-12H2,(H,21,23). The van der Waals surface area contributed by atoms with E-state index in [9.17, 15) is 9.18 Å². The summed E-state index contributed by atoms with van der Waals surface area (Å²) in [5.74, 6) is 0.369. The van der Waals surface area contributed by atoms with Crippen LogP contribution in [0.2, 0.25) is 0 Å². The summed E-state index contributed by atoms with van der Waals surface area (Å²) in [4.78, 5) is 22.9. The van der Waals surface area contributed by atoms with Crippen LogP contribution in [-0.2, 0) is 6.42 Å². The van der Waals surface area contributed by atoms with Gasteiger partial charge >= 0.3 is 0 Å². The molecule has 2 heterocycles.